The van der Waals surface area contributed by atoms with Gasteiger partial charge in [-0.25, -0.2) is 4.79 Å². The zero-order valence-corrected chi connectivity index (χ0v) is 23.3. The van der Waals surface area contributed by atoms with Crippen LogP contribution in [0.25, 0.3) is 10.9 Å². The molecule has 11 nitrogen and oxygen atoms in total. The van der Waals surface area contributed by atoms with Gasteiger partial charge in [0.15, 0.2) is 5.75 Å². The molecule has 210 valence electrons. The van der Waals surface area contributed by atoms with Crippen molar-refractivity contribution in [3.05, 3.63) is 66.4 Å². The van der Waals surface area contributed by atoms with Crippen LogP contribution in [-0.4, -0.2) is 50.4 Å². The van der Waals surface area contributed by atoms with E-state index in [1.54, 1.807) is 24.4 Å². The van der Waals surface area contributed by atoms with Gasteiger partial charge in [0.25, 0.3) is 5.91 Å². The summed E-state index contributed by atoms with van der Waals surface area (Å²) in [6.45, 7) is 6.03. The lowest BCUT2D eigenvalue weighted by Gasteiger charge is -2.24. The summed E-state index contributed by atoms with van der Waals surface area (Å²) >= 11 is 1.07. The van der Waals surface area contributed by atoms with E-state index in [-0.39, 0.29) is 16.4 Å². The van der Waals surface area contributed by atoms with Crippen LogP contribution in [-0.2, 0) is 9.53 Å². The van der Waals surface area contributed by atoms with Crippen LogP contribution < -0.4 is 21.0 Å². The molecule has 40 heavy (non-hydrogen) atoms. The van der Waals surface area contributed by atoms with Gasteiger partial charge in [-0.2, -0.15) is 5.48 Å². The minimum Gasteiger partial charge on any atom is -0.505 e. The Labute approximate surface area is 235 Å². The van der Waals surface area contributed by atoms with Crippen LogP contribution in [0.4, 0.5) is 10.3 Å². The van der Waals surface area contributed by atoms with E-state index < -0.39 is 23.5 Å². The molecule has 0 aliphatic carbocycles. The number of nitrogens with zero attached hydrogens (tertiary/aromatic N) is 3. The van der Waals surface area contributed by atoms with Crippen molar-refractivity contribution in [3.8, 4) is 11.5 Å². The number of ether oxygens (including phenoxy) is 1. The number of carbonyl (C=O) groups excluding carboxylic acids is 2. The summed E-state index contributed by atoms with van der Waals surface area (Å²) in [7, 11) is 0. The van der Waals surface area contributed by atoms with E-state index in [2.05, 4.69) is 31.3 Å². The van der Waals surface area contributed by atoms with Crippen LogP contribution in [0.5, 0.6) is 11.5 Å². The van der Waals surface area contributed by atoms with Crippen LogP contribution in [0.3, 0.4) is 0 Å². The van der Waals surface area contributed by atoms with Gasteiger partial charge in [-0.3, -0.25) is 15.1 Å². The summed E-state index contributed by atoms with van der Waals surface area (Å²) in [6, 6.07) is 15.5. The highest BCUT2D eigenvalue weighted by Crippen LogP contribution is 2.29. The lowest BCUT2D eigenvalue weighted by Crippen LogP contribution is -2.36. The number of hydrogen-bond acceptors (Lipinski definition) is 11. The van der Waals surface area contributed by atoms with Gasteiger partial charge in [-0.15, -0.1) is 10.2 Å². The number of phenolic OH excluding ortho intramolecular Hbond substituents is 1. The van der Waals surface area contributed by atoms with Crippen molar-refractivity contribution in [2.45, 2.75) is 51.7 Å². The maximum absolute atomic E-state index is 12.9. The van der Waals surface area contributed by atoms with Gasteiger partial charge < -0.3 is 20.0 Å². The average molecular weight is 565 g/mol. The van der Waals surface area contributed by atoms with Gasteiger partial charge in [0.05, 0.1) is 5.56 Å². The minimum atomic E-state index is -0.665. The van der Waals surface area contributed by atoms with E-state index in [1.165, 1.54) is 6.07 Å². The molecule has 0 saturated carbocycles. The Morgan fingerprint density at radius 2 is 1.77 bits per heavy atom. The molecule has 0 aliphatic heterocycles. The second kappa shape index (κ2) is 13.2. The summed E-state index contributed by atoms with van der Waals surface area (Å²) < 4.78 is 5.60. The molecule has 2 aromatic heterocycles. The van der Waals surface area contributed by atoms with E-state index in [1.807, 2.05) is 51.1 Å². The first kappa shape index (κ1) is 28.7. The van der Waals surface area contributed by atoms with Crippen molar-refractivity contribution in [2.75, 3.05) is 17.2 Å². The molecule has 1 unspecified atom stereocenters. The average Bonchev–Trinajstić information content (AvgIpc) is 3.36. The Kier molecular flexibility index (Phi) is 9.46. The number of para-hydroxylation sites is 1. The minimum absolute atomic E-state index is 0.0624. The smallest absolute Gasteiger partial charge is 0.329 e. The van der Waals surface area contributed by atoms with Crippen LogP contribution >= 0.6 is 11.3 Å². The third-order valence-electron chi connectivity index (χ3n) is 5.58. The molecule has 4 N–H and O–H groups in total. The second-order valence-corrected chi connectivity index (χ2v) is 10.9. The molecule has 0 spiro atoms. The summed E-state index contributed by atoms with van der Waals surface area (Å²) in [5.74, 6) is -0.452. The molecule has 0 bridgehead atoms. The zero-order chi connectivity index (χ0) is 28.5. The van der Waals surface area contributed by atoms with Gasteiger partial charge in [0.1, 0.15) is 22.9 Å². The molecule has 12 heteroatoms. The number of amides is 1. The Morgan fingerprint density at radius 1 is 1.00 bits per heavy atom. The first-order valence-corrected chi connectivity index (χ1v) is 13.7. The number of carbonyl (C=O) groups is 2. The molecule has 4 aromatic rings. The number of unbranched alkanes of at least 4 members (excludes halogenated alkanes) is 1. The summed E-state index contributed by atoms with van der Waals surface area (Å²) in [5, 5.41) is 25.6. The molecule has 4 rings (SSSR count). The van der Waals surface area contributed by atoms with Crippen molar-refractivity contribution in [3.63, 3.8) is 0 Å². The predicted molar refractivity (Wildman–Crippen MR) is 153 cm³/mol. The standard InChI is InChI=1S/C28H32N6O5S/c1-28(2,3)38-25(37)21(13-7-8-17-30-39-19-11-5-4-6-12-19)31-26-33-34-27(40-26)32-24(36)20-15-14-18-10-9-16-29-22(18)23(20)35/h4-6,9-12,14-16,21,30,35H,7-8,13,17H2,1-3H3,(H,31,33)(H,32,34,36). The maximum Gasteiger partial charge on any atom is 0.329 e. The fourth-order valence-corrected chi connectivity index (χ4v) is 4.44. The number of anilines is 2. The Bertz CT molecular complexity index is 1440. The van der Waals surface area contributed by atoms with Crippen molar-refractivity contribution in [1.82, 2.24) is 20.7 Å². The lowest BCUT2D eigenvalue weighted by atomic mass is 10.1. The molecule has 0 fully saturated rings. The largest absolute Gasteiger partial charge is 0.505 e. The molecule has 0 saturated heterocycles. The molecular formula is C28H32N6O5S. The van der Waals surface area contributed by atoms with Crippen LogP contribution in [0.15, 0.2) is 60.8 Å². The number of nitrogens with one attached hydrogen (secondary N) is 3. The van der Waals surface area contributed by atoms with Crippen LogP contribution in [0.1, 0.15) is 50.4 Å². The zero-order valence-electron chi connectivity index (χ0n) is 22.5. The number of rotatable bonds is 12. The molecule has 2 heterocycles. The van der Waals surface area contributed by atoms with Gasteiger partial charge >= 0.3 is 5.97 Å². The van der Waals surface area contributed by atoms with Crippen molar-refractivity contribution < 1.29 is 24.3 Å². The number of hydroxylamine groups is 1. The number of pyridine rings is 1. The van der Waals surface area contributed by atoms with Gasteiger partial charge in [0, 0.05) is 18.1 Å². The Morgan fingerprint density at radius 3 is 2.55 bits per heavy atom. The first-order chi connectivity index (χ1) is 19.2. The molecular weight excluding hydrogens is 532 g/mol. The normalized spacial score (nSPS) is 12.1. The fraction of sp³-hybridized carbons (Fsp3) is 0.321. The lowest BCUT2D eigenvalue weighted by molar-refractivity contribution is -0.156. The van der Waals surface area contributed by atoms with Crippen LogP contribution in [0.2, 0.25) is 0 Å². The SMILES string of the molecule is CC(C)(C)OC(=O)C(CCCCNOc1ccccc1)Nc1nnc(NC(=O)c2ccc3cccnc3c2O)s1. The maximum atomic E-state index is 12.9. The number of fused-ring (bicyclic) bond motifs is 1. The molecule has 2 aromatic carbocycles. The van der Waals surface area contributed by atoms with Crippen molar-refractivity contribution >= 4 is 44.4 Å². The second-order valence-electron chi connectivity index (χ2n) is 9.94. The number of phenols is 1. The van der Waals surface area contributed by atoms with Gasteiger partial charge in [-0.1, -0.05) is 41.7 Å². The highest BCUT2D eigenvalue weighted by Gasteiger charge is 2.26. The van der Waals surface area contributed by atoms with Gasteiger partial charge in [0.2, 0.25) is 10.3 Å². The highest BCUT2D eigenvalue weighted by molar-refractivity contribution is 7.19. The molecule has 1 atom stereocenters. The number of aromatic hydroxyl groups is 1. The number of aromatic nitrogens is 3. The molecule has 0 radical (unpaired) electrons. The van der Waals surface area contributed by atoms with E-state index >= 15 is 0 Å². The van der Waals surface area contributed by atoms with Gasteiger partial charge in [-0.05, 0) is 64.3 Å². The van der Waals surface area contributed by atoms with E-state index in [4.69, 9.17) is 9.57 Å². The first-order valence-electron chi connectivity index (χ1n) is 12.9. The van der Waals surface area contributed by atoms with E-state index in [9.17, 15) is 14.7 Å². The summed E-state index contributed by atoms with van der Waals surface area (Å²) in [6.07, 6.45) is 3.50. The third-order valence-corrected chi connectivity index (χ3v) is 6.35. The number of hydrogen-bond donors (Lipinski definition) is 4. The van der Waals surface area contributed by atoms with E-state index in [0.29, 0.717) is 35.4 Å². The summed E-state index contributed by atoms with van der Waals surface area (Å²) in [5.41, 5.74) is 2.66. The quantitative estimate of drug-likeness (QED) is 0.106. The highest BCUT2D eigenvalue weighted by atomic mass is 32.1. The molecule has 0 aliphatic rings. The number of benzene rings is 2. The fourth-order valence-electron chi connectivity index (χ4n) is 3.75. The topological polar surface area (TPSA) is 148 Å². The van der Waals surface area contributed by atoms with Crippen molar-refractivity contribution in [1.29, 1.82) is 0 Å². The number of esters is 1. The molecule has 1 amide bonds. The summed E-state index contributed by atoms with van der Waals surface area (Å²) in [4.78, 5) is 35.4. The Hall–Kier alpha value is -4.29. The monoisotopic (exact) mass is 564 g/mol. The van der Waals surface area contributed by atoms with Crippen LogP contribution in [0, 0.1) is 0 Å². The van der Waals surface area contributed by atoms with E-state index in [0.717, 1.165) is 23.5 Å². The third kappa shape index (κ3) is 8.10. The van der Waals surface area contributed by atoms with Crippen molar-refractivity contribution in [2.24, 2.45) is 0 Å². The Balaban J connectivity index is 1.34. The predicted octanol–water partition coefficient (Wildman–Crippen LogP) is 4.92.